The Bertz CT molecular complexity index is 940. The Kier molecular flexibility index (Phi) is 4.60. The van der Waals surface area contributed by atoms with Crippen molar-refractivity contribution in [3.8, 4) is 0 Å². The van der Waals surface area contributed by atoms with Crippen molar-refractivity contribution in [1.29, 1.82) is 0 Å². The molecule has 5 rings (SSSR count). The Morgan fingerprint density at radius 2 is 1.80 bits per heavy atom. The molecule has 1 amide bonds. The Morgan fingerprint density at radius 1 is 1.07 bits per heavy atom. The van der Waals surface area contributed by atoms with Crippen molar-refractivity contribution in [3.63, 3.8) is 0 Å². The molecule has 0 radical (unpaired) electrons. The van der Waals surface area contributed by atoms with E-state index in [0.29, 0.717) is 43.1 Å². The molecule has 2 fully saturated rings. The molecule has 0 bridgehead atoms. The molecule has 1 aromatic rings. The lowest BCUT2D eigenvalue weighted by atomic mass is 9.86. The van der Waals surface area contributed by atoms with Crippen LogP contribution in [0.15, 0.2) is 53.4 Å². The summed E-state index contributed by atoms with van der Waals surface area (Å²) >= 11 is 0. The number of nitrogens with one attached hydrogen (secondary N) is 1. The molecular weight excluding hydrogens is 393 g/mol. The maximum absolute atomic E-state index is 13.3. The second-order valence-corrected chi connectivity index (χ2v) is 8.32. The molecule has 1 N–H and O–H groups in total. The lowest BCUT2D eigenvalue weighted by molar-refractivity contribution is -0.138. The molecule has 30 heavy (non-hydrogen) atoms. The molecule has 0 spiro atoms. The van der Waals surface area contributed by atoms with Crippen LogP contribution in [-0.4, -0.2) is 40.8 Å². The summed E-state index contributed by atoms with van der Waals surface area (Å²) in [6.07, 6.45) is 4.63. The number of rotatable bonds is 3. The molecule has 1 atom stereocenters. The molecular formula is C22H23F3N4O. The number of amides is 1. The van der Waals surface area contributed by atoms with Crippen LogP contribution in [-0.2, 0) is 11.0 Å². The normalized spacial score (nSPS) is 24.3. The summed E-state index contributed by atoms with van der Waals surface area (Å²) in [5.74, 6) is 0.217. The van der Waals surface area contributed by atoms with Crippen LogP contribution in [0.2, 0.25) is 0 Å². The predicted octanol–water partition coefficient (Wildman–Crippen LogP) is 3.82. The molecule has 3 heterocycles. The Balaban J connectivity index is 1.24. The number of hydrazone groups is 1. The monoisotopic (exact) mass is 416 g/mol. The van der Waals surface area contributed by atoms with E-state index >= 15 is 0 Å². The number of nitrogens with zero attached hydrogens (tertiary/aromatic N) is 3. The van der Waals surface area contributed by atoms with Crippen LogP contribution in [0.25, 0.3) is 0 Å². The first-order chi connectivity index (χ1) is 14.4. The summed E-state index contributed by atoms with van der Waals surface area (Å²) < 4.78 is 40.0. The van der Waals surface area contributed by atoms with Crippen molar-refractivity contribution < 1.29 is 18.0 Å². The van der Waals surface area contributed by atoms with Crippen molar-refractivity contribution in [1.82, 2.24) is 15.2 Å². The van der Waals surface area contributed by atoms with Gasteiger partial charge in [0.2, 0.25) is 0 Å². The zero-order valence-corrected chi connectivity index (χ0v) is 16.4. The average molecular weight is 416 g/mol. The van der Waals surface area contributed by atoms with E-state index in [2.05, 4.69) is 10.4 Å². The van der Waals surface area contributed by atoms with Gasteiger partial charge in [-0.2, -0.15) is 18.3 Å². The molecule has 1 aromatic carbocycles. The number of halogens is 3. The fourth-order valence-electron chi connectivity index (χ4n) is 4.45. The fourth-order valence-corrected chi connectivity index (χ4v) is 4.45. The molecule has 0 aromatic heterocycles. The highest BCUT2D eigenvalue weighted by Gasteiger charge is 2.37. The molecule has 1 saturated carbocycles. The van der Waals surface area contributed by atoms with E-state index in [9.17, 15) is 18.0 Å². The largest absolute Gasteiger partial charge is 0.416 e. The first kappa shape index (κ1) is 19.2. The predicted molar refractivity (Wildman–Crippen MR) is 106 cm³/mol. The number of fused-ring (bicyclic) bond motifs is 1. The van der Waals surface area contributed by atoms with Gasteiger partial charge in [0.25, 0.3) is 5.91 Å². The molecule has 4 aliphatic rings. The number of allylic oxidation sites excluding steroid dienone is 1. The summed E-state index contributed by atoms with van der Waals surface area (Å²) in [7, 11) is 0. The maximum Gasteiger partial charge on any atom is 0.416 e. The second-order valence-electron chi connectivity index (χ2n) is 8.32. The summed E-state index contributed by atoms with van der Waals surface area (Å²) in [6.45, 7) is 0.873. The van der Waals surface area contributed by atoms with E-state index < -0.39 is 11.7 Å². The van der Waals surface area contributed by atoms with Crippen LogP contribution >= 0.6 is 0 Å². The van der Waals surface area contributed by atoms with Gasteiger partial charge in [0.05, 0.1) is 17.5 Å². The maximum atomic E-state index is 13.3. The van der Waals surface area contributed by atoms with E-state index in [1.54, 1.807) is 28.2 Å². The fraction of sp³-hybridized carbons (Fsp3) is 0.455. The van der Waals surface area contributed by atoms with E-state index in [1.807, 2.05) is 12.2 Å². The van der Waals surface area contributed by atoms with E-state index in [-0.39, 0.29) is 18.0 Å². The van der Waals surface area contributed by atoms with Gasteiger partial charge >= 0.3 is 6.18 Å². The molecule has 5 nitrogen and oxygen atoms in total. The smallest absolute Gasteiger partial charge is 0.355 e. The summed E-state index contributed by atoms with van der Waals surface area (Å²) in [4.78, 5) is 14.7. The number of carbonyl (C=O) groups excluding carboxylic acids is 1. The Morgan fingerprint density at radius 3 is 2.50 bits per heavy atom. The van der Waals surface area contributed by atoms with Crippen LogP contribution in [0.5, 0.6) is 0 Å². The van der Waals surface area contributed by atoms with Crippen LogP contribution in [0.1, 0.15) is 42.7 Å². The minimum atomic E-state index is -4.36. The van der Waals surface area contributed by atoms with E-state index in [0.717, 1.165) is 24.6 Å². The van der Waals surface area contributed by atoms with Crippen LogP contribution in [0.3, 0.4) is 0 Å². The number of likely N-dealkylation sites (tertiary alicyclic amines) is 1. The number of hydrogen-bond acceptors (Lipinski definition) is 4. The van der Waals surface area contributed by atoms with Gasteiger partial charge in [0.1, 0.15) is 11.9 Å². The van der Waals surface area contributed by atoms with E-state index in [4.69, 9.17) is 0 Å². The summed E-state index contributed by atoms with van der Waals surface area (Å²) in [5.41, 5.74) is 1.31. The summed E-state index contributed by atoms with van der Waals surface area (Å²) in [5, 5.41) is 9.59. The van der Waals surface area contributed by atoms with Gasteiger partial charge in [0.15, 0.2) is 0 Å². The highest BCUT2D eigenvalue weighted by molar-refractivity contribution is 5.99. The van der Waals surface area contributed by atoms with Gasteiger partial charge in [-0.05, 0) is 55.4 Å². The summed E-state index contributed by atoms with van der Waals surface area (Å²) in [6, 6.07) is 5.77. The zero-order chi connectivity index (χ0) is 20.9. The van der Waals surface area contributed by atoms with Gasteiger partial charge < -0.3 is 10.2 Å². The van der Waals surface area contributed by atoms with Gasteiger partial charge in [-0.15, -0.1) is 0 Å². The van der Waals surface area contributed by atoms with Crippen LogP contribution in [0, 0.1) is 5.92 Å². The third-order valence-corrected chi connectivity index (χ3v) is 6.24. The lowest BCUT2D eigenvalue weighted by Crippen LogP contribution is -2.42. The van der Waals surface area contributed by atoms with Crippen LogP contribution < -0.4 is 5.32 Å². The SMILES string of the molecule is O=C(C1=CN2N=C(C3CC3)C=CC2N1)N1CCC(c2ccccc2C(F)(F)F)CC1. The Labute approximate surface area is 172 Å². The highest BCUT2D eigenvalue weighted by Crippen LogP contribution is 2.39. The van der Waals surface area contributed by atoms with Crippen molar-refractivity contribution in [2.75, 3.05) is 13.1 Å². The van der Waals surface area contributed by atoms with Crippen LogP contribution in [0.4, 0.5) is 13.2 Å². The molecule has 158 valence electrons. The van der Waals surface area contributed by atoms with Crippen molar-refractivity contribution in [2.24, 2.45) is 11.0 Å². The van der Waals surface area contributed by atoms with Gasteiger partial charge in [0, 0.05) is 19.0 Å². The average Bonchev–Trinajstić information content (AvgIpc) is 3.51. The van der Waals surface area contributed by atoms with Crippen molar-refractivity contribution >= 4 is 11.6 Å². The van der Waals surface area contributed by atoms with Crippen molar-refractivity contribution in [3.05, 3.63) is 59.4 Å². The number of piperidine rings is 1. The third-order valence-electron chi connectivity index (χ3n) is 6.24. The standard InChI is InChI=1S/C22H23F3N4O/c23-22(24,25)17-4-2-1-3-16(17)14-9-11-28(12-10-14)21(30)19-13-29-20(26-19)8-7-18(27-29)15-5-6-15/h1-4,7-8,13-15,20,26H,5-6,9-12H2. The molecule has 8 heteroatoms. The number of carbonyl (C=O) groups is 1. The topological polar surface area (TPSA) is 47.9 Å². The van der Waals surface area contributed by atoms with E-state index in [1.165, 1.54) is 6.07 Å². The van der Waals surface area contributed by atoms with Gasteiger partial charge in [-0.25, -0.2) is 5.01 Å². The minimum absolute atomic E-state index is 0.122. The first-order valence-electron chi connectivity index (χ1n) is 10.4. The van der Waals surface area contributed by atoms with Gasteiger partial charge in [-0.3, -0.25) is 4.79 Å². The molecule has 1 aliphatic carbocycles. The zero-order valence-electron chi connectivity index (χ0n) is 16.4. The number of benzene rings is 1. The second kappa shape index (κ2) is 7.18. The number of alkyl halides is 3. The highest BCUT2D eigenvalue weighted by atomic mass is 19.4. The molecule has 3 aliphatic heterocycles. The first-order valence-corrected chi connectivity index (χ1v) is 10.4. The number of hydrogen-bond donors (Lipinski definition) is 1. The third kappa shape index (κ3) is 3.59. The molecule has 1 unspecified atom stereocenters. The lowest BCUT2D eigenvalue weighted by Gasteiger charge is -2.33. The minimum Gasteiger partial charge on any atom is -0.355 e. The Hall–Kier alpha value is -2.77. The molecule has 1 saturated heterocycles. The van der Waals surface area contributed by atoms with Crippen molar-refractivity contribution in [2.45, 2.75) is 43.9 Å². The quantitative estimate of drug-likeness (QED) is 0.815. The van der Waals surface area contributed by atoms with Gasteiger partial charge in [-0.1, -0.05) is 18.2 Å².